The van der Waals surface area contributed by atoms with Gasteiger partial charge in [0.1, 0.15) is 0 Å². The number of aromatic amines is 1. The fourth-order valence-electron chi connectivity index (χ4n) is 3.29. The molecule has 3 nitrogen and oxygen atoms in total. The Morgan fingerprint density at radius 2 is 2.05 bits per heavy atom. The number of benzene rings is 1. The van der Waals surface area contributed by atoms with E-state index < -0.39 is 0 Å². The number of H-pyrrole nitrogens is 1. The van der Waals surface area contributed by atoms with Crippen LogP contribution in [0.15, 0.2) is 47.4 Å². The topological polar surface area (TPSA) is 36.1 Å². The summed E-state index contributed by atoms with van der Waals surface area (Å²) in [5.74, 6) is 0. The van der Waals surface area contributed by atoms with Crippen LogP contribution in [0.3, 0.4) is 0 Å². The smallest absolute Gasteiger partial charge is 0.248 e. The Morgan fingerprint density at radius 1 is 1.24 bits per heavy atom. The Kier molecular flexibility index (Phi) is 4.20. The Labute approximate surface area is 125 Å². The van der Waals surface area contributed by atoms with Gasteiger partial charge in [-0.25, -0.2) is 0 Å². The van der Waals surface area contributed by atoms with E-state index in [0.717, 1.165) is 18.7 Å². The van der Waals surface area contributed by atoms with Crippen LogP contribution >= 0.6 is 0 Å². The molecule has 3 heteroatoms. The lowest BCUT2D eigenvalue weighted by atomic mass is 9.93. The van der Waals surface area contributed by atoms with Gasteiger partial charge in [-0.05, 0) is 43.0 Å². The molecule has 3 rings (SSSR count). The zero-order valence-corrected chi connectivity index (χ0v) is 12.5. The second-order valence-corrected chi connectivity index (χ2v) is 5.90. The number of piperidine rings is 1. The zero-order valence-electron chi connectivity index (χ0n) is 12.5. The third-order valence-corrected chi connectivity index (χ3v) is 4.37. The highest BCUT2D eigenvalue weighted by molar-refractivity contribution is 5.26. The normalized spacial score (nSPS) is 19.6. The summed E-state index contributed by atoms with van der Waals surface area (Å²) in [6.07, 6.45) is 5.59. The van der Waals surface area contributed by atoms with Gasteiger partial charge in [-0.1, -0.05) is 36.8 Å². The molecule has 0 radical (unpaired) electrons. The highest BCUT2D eigenvalue weighted by Gasteiger charge is 2.25. The van der Waals surface area contributed by atoms with Gasteiger partial charge in [-0.3, -0.25) is 9.69 Å². The van der Waals surface area contributed by atoms with Crippen LogP contribution in [0.4, 0.5) is 0 Å². The molecule has 0 spiro atoms. The molecule has 2 heterocycles. The van der Waals surface area contributed by atoms with Crippen molar-refractivity contribution in [2.24, 2.45) is 0 Å². The third-order valence-electron chi connectivity index (χ3n) is 4.37. The van der Waals surface area contributed by atoms with Crippen molar-refractivity contribution >= 4 is 0 Å². The highest BCUT2D eigenvalue weighted by Crippen LogP contribution is 2.32. The van der Waals surface area contributed by atoms with Crippen LogP contribution < -0.4 is 5.56 Å². The van der Waals surface area contributed by atoms with Gasteiger partial charge < -0.3 is 4.98 Å². The van der Waals surface area contributed by atoms with Crippen LogP contribution in [-0.2, 0) is 6.54 Å². The molecule has 2 aromatic rings. The van der Waals surface area contributed by atoms with Gasteiger partial charge in [-0.2, -0.15) is 0 Å². The Bertz CT molecular complexity index is 648. The van der Waals surface area contributed by atoms with E-state index in [-0.39, 0.29) is 5.56 Å². The number of nitrogens with zero attached hydrogens (tertiary/aromatic N) is 1. The van der Waals surface area contributed by atoms with Crippen molar-refractivity contribution in [3.05, 3.63) is 69.6 Å². The molecule has 1 aliphatic heterocycles. The molecule has 1 aromatic carbocycles. The van der Waals surface area contributed by atoms with Gasteiger partial charge in [0.15, 0.2) is 0 Å². The summed E-state index contributed by atoms with van der Waals surface area (Å²) < 4.78 is 0. The van der Waals surface area contributed by atoms with Crippen LogP contribution in [0.5, 0.6) is 0 Å². The van der Waals surface area contributed by atoms with Crippen molar-refractivity contribution in [3.63, 3.8) is 0 Å². The van der Waals surface area contributed by atoms with Gasteiger partial charge in [0.25, 0.3) is 0 Å². The van der Waals surface area contributed by atoms with E-state index in [1.165, 1.54) is 30.4 Å². The van der Waals surface area contributed by atoms with E-state index >= 15 is 0 Å². The first-order valence-corrected chi connectivity index (χ1v) is 7.71. The number of hydrogen-bond acceptors (Lipinski definition) is 2. The lowest BCUT2D eigenvalue weighted by molar-refractivity contribution is 0.139. The van der Waals surface area contributed by atoms with Gasteiger partial charge >= 0.3 is 0 Å². The van der Waals surface area contributed by atoms with Crippen molar-refractivity contribution in [2.75, 3.05) is 6.54 Å². The summed E-state index contributed by atoms with van der Waals surface area (Å²) in [6, 6.07) is 12.7. The first-order valence-electron chi connectivity index (χ1n) is 7.71. The molecule has 1 unspecified atom stereocenters. The number of pyridine rings is 1. The molecule has 1 aliphatic rings. The number of nitrogens with one attached hydrogen (secondary N) is 1. The first kappa shape index (κ1) is 14.1. The third kappa shape index (κ3) is 3.24. The number of aromatic nitrogens is 1. The van der Waals surface area contributed by atoms with E-state index in [1.807, 2.05) is 13.1 Å². The molecule has 0 saturated carbocycles. The van der Waals surface area contributed by atoms with Gasteiger partial charge in [0, 0.05) is 24.8 Å². The molecule has 1 atom stereocenters. The summed E-state index contributed by atoms with van der Waals surface area (Å²) in [5.41, 5.74) is 3.71. The number of likely N-dealkylation sites (tertiary alicyclic amines) is 1. The molecule has 0 amide bonds. The molecule has 110 valence electrons. The highest BCUT2D eigenvalue weighted by atomic mass is 16.1. The average molecular weight is 282 g/mol. The maximum Gasteiger partial charge on any atom is 0.248 e. The van der Waals surface area contributed by atoms with Gasteiger partial charge in [-0.15, -0.1) is 0 Å². The summed E-state index contributed by atoms with van der Waals surface area (Å²) in [4.78, 5) is 16.8. The second kappa shape index (κ2) is 6.27. The fraction of sp³-hybridized carbons (Fsp3) is 0.389. The van der Waals surface area contributed by atoms with Crippen molar-refractivity contribution in [1.29, 1.82) is 0 Å². The predicted octanol–water partition coefficient (Wildman–Crippen LogP) is 3.41. The van der Waals surface area contributed by atoms with Crippen molar-refractivity contribution in [3.8, 4) is 0 Å². The average Bonchev–Trinajstić information content (AvgIpc) is 2.49. The first-order chi connectivity index (χ1) is 10.2. The fourth-order valence-corrected chi connectivity index (χ4v) is 3.29. The van der Waals surface area contributed by atoms with Crippen molar-refractivity contribution in [2.45, 2.75) is 38.8 Å². The summed E-state index contributed by atoms with van der Waals surface area (Å²) in [7, 11) is 0. The van der Waals surface area contributed by atoms with Crippen molar-refractivity contribution < 1.29 is 0 Å². The lowest BCUT2D eigenvalue weighted by Crippen LogP contribution is -2.33. The van der Waals surface area contributed by atoms with Gasteiger partial charge in [0.2, 0.25) is 5.56 Å². The van der Waals surface area contributed by atoms with Gasteiger partial charge in [0.05, 0.1) is 0 Å². The molecule has 1 N–H and O–H groups in total. The van der Waals surface area contributed by atoms with Crippen LogP contribution in [0.2, 0.25) is 0 Å². The maximum atomic E-state index is 11.4. The SMILES string of the molecule is Cc1cc(=O)[nH]cc1C1CCCCN1Cc1ccccc1. The number of aryl methyl sites for hydroxylation is 1. The van der Waals surface area contributed by atoms with Crippen LogP contribution in [-0.4, -0.2) is 16.4 Å². The van der Waals surface area contributed by atoms with E-state index in [2.05, 4.69) is 40.2 Å². The van der Waals surface area contributed by atoms with E-state index in [0.29, 0.717) is 6.04 Å². The predicted molar refractivity (Wildman–Crippen MR) is 85.2 cm³/mol. The Balaban J connectivity index is 1.86. The van der Waals surface area contributed by atoms with Crippen LogP contribution in [0.1, 0.15) is 42.0 Å². The molecule has 1 aromatic heterocycles. The largest absolute Gasteiger partial charge is 0.329 e. The van der Waals surface area contributed by atoms with Crippen LogP contribution in [0.25, 0.3) is 0 Å². The molecule has 21 heavy (non-hydrogen) atoms. The number of rotatable bonds is 3. The minimum Gasteiger partial charge on any atom is -0.329 e. The van der Waals surface area contributed by atoms with E-state index in [9.17, 15) is 4.79 Å². The standard InChI is InChI=1S/C18H22N2O/c1-14-11-18(21)19-12-16(14)17-9-5-6-10-20(17)13-15-7-3-2-4-8-15/h2-4,7-8,11-12,17H,5-6,9-10,13H2,1H3,(H,19,21). The Hall–Kier alpha value is -1.87. The van der Waals surface area contributed by atoms with E-state index in [4.69, 9.17) is 0 Å². The summed E-state index contributed by atoms with van der Waals surface area (Å²) in [5, 5.41) is 0. The monoisotopic (exact) mass is 282 g/mol. The second-order valence-electron chi connectivity index (χ2n) is 5.90. The maximum absolute atomic E-state index is 11.4. The van der Waals surface area contributed by atoms with E-state index in [1.54, 1.807) is 6.07 Å². The number of hydrogen-bond donors (Lipinski definition) is 1. The molecular weight excluding hydrogens is 260 g/mol. The minimum absolute atomic E-state index is 0.0123. The molecule has 1 fully saturated rings. The lowest BCUT2D eigenvalue weighted by Gasteiger charge is -2.36. The Morgan fingerprint density at radius 3 is 2.81 bits per heavy atom. The van der Waals surface area contributed by atoms with Crippen molar-refractivity contribution in [1.82, 2.24) is 9.88 Å². The molecule has 1 saturated heterocycles. The quantitative estimate of drug-likeness (QED) is 0.936. The molecular formula is C18H22N2O. The zero-order chi connectivity index (χ0) is 14.7. The molecule has 0 aliphatic carbocycles. The summed E-state index contributed by atoms with van der Waals surface area (Å²) >= 11 is 0. The molecule has 0 bridgehead atoms. The van der Waals surface area contributed by atoms with Crippen LogP contribution in [0, 0.1) is 6.92 Å². The summed E-state index contributed by atoms with van der Waals surface area (Å²) in [6.45, 7) is 4.14. The minimum atomic E-state index is -0.0123.